The highest BCUT2D eigenvalue weighted by molar-refractivity contribution is 6.74. The van der Waals surface area contributed by atoms with Crippen molar-refractivity contribution in [2.45, 2.75) is 90.8 Å². The first-order valence-electron chi connectivity index (χ1n) is 19.3. The Morgan fingerprint density at radius 1 is 0.412 bits per heavy atom. The van der Waals surface area contributed by atoms with Crippen LogP contribution in [0.15, 0.2) is 0 Å². The summed E-state index contributed by atoms with van der Waals surface area (Å²) >= 11 is 0. The molecule has 0 fully saturated rings. The fourth-order valence-electron chi connectivity index (χ4n) is 3.99. The van der Waals surface area contributed by atoms with Crippen molar-refractivity contribution >= 4 is 14.3 Å². The van der Waals surface area contributed by atoms with Gasteiger partial charge in [0.15, 0.2) is 8.32 Å². The molecule has 0 rings (SSSR count). The van der Waals surface area contributed by atoms with Crippen LogP contribution in [0, 0.1) is 0 Å². The summed E-state index contributed by atoms with van der Waals surface area (Å²) < 4.78 is 66.3. The van der Waals surface area contributed by atoms with Crippen LogP contribution in [0.5, 0.6) is 0 Å². The van der Waals surface area contributed by atoms with Crippen LogP contribution in [-0.2, 0) is 61.3 Å². The van der Waals surface area contributed by atoms with E-state index in [0.717, 1.165) is 12.8 Å². The van der Waals surface area contributed by atoms with Crippen molar-refractivity contribution in [2.75, 3.05) is 145 Å². The Kier molecular flexibility index (Phi) is 37.0. The van der Waals surface area contributed by atoms with Gasteiger partial charge in [0.1, 0.15) is 6.61 Å². The molecule has 0 atom stereocenters. The molecule has 0 amide bonds. The summed E-state index contributed by atoms with van der Waals surface area (Å²) in [5.41, 5.74) is 0. The molecule has 0 bridgehead atoms. The SMILES string of the molecule is CCCCCCCCC(=O)OCCOCCOCCOCCOCCOCCOCCOCCOCCOCCOCCO[Si](C)(C)C(C)(C)C. The van der Waals surface area contributed by atoms with Gasteiger partial charge in [-0.2, -0.15) is 0 Å². The first kappa shape index (κ1) is 50.2. The predicted molar refractivity (Wildman–Crippen MR) is 200 cm³/mol. The molecule has 0 unspecified atom stereocenters. The molecule has 51 heavy (non-hydrogen) atoms. The molecule has 0 spiro atoms. The summed E-state index contributed by atoms with van der Waals surface area (Å²) in [6.07, 6.45) is 7.42. The van der Waals surface area contributed by atoms with Gasteiger partial charge in [0.2, 0.25) is 0 Å². The molecule has 306 valence electrons. The lowest BCUT2D eigenvalue weighted by Gasteiger charge is -2.36. The molecule has 0 heterocycles. The molecule has 0 aromatic heterocycles. The molecule has 0 aromatic rings. The maximum absolute atomic E-state index is 11.7. The van der Waals surface area contributed by atoms with E-state index in [1.54, 1.807) is 0 Å². The highest BCUT2D eigenvalue weighted by atomic mass is 28.4. The Balaban J connectivity index is 3.15. The van der Waals surface area contributed by atoms with E-state index < -0.39 is 8.32 Å². The molecule has 0 aliphatic carbocycles. The van der Waals surface area contributed by atoms with Crippen LogP contribution in [0.2, 0.25) is 18.1 Å². The lowest BCUT2D eigenvalue weighted by molar-refractivity contribution is -0.145. The van der Waals surface area contributed by atoms with E-state index in [1.807, 2.05) is 0 Å². The molecule has 0 saturated carbocycles. The lowest BCUT2D eigenvalue weighted by atomic mass is 10.1. The van der Waals surface area contributed by atoms with Crippen LogP contribution in [-0.4, -0.2) is 160 Å². The van der Waals surface area contributed by atoms with E-state index in [-0.39, 0.29) is 17.6 Å². The van der Waals surface area contributed by atoms with Crippen molar-refractivity contribution in [1.82, 2.24) is 0 Å². The number of rotatable bonds is 41. The third-order valence-corrected chi connectivity index (χ3v) is 12.6. The summed E-state index contributed by atoms with van der Waals surface area (Å²) in [6.45, 7) is 24.4. The summed E-state index contributed by atoms with van der Waals surface area (Å²) in [4.78, 5) is 11.7. The number of carbonyl (C=O) groups is 1. The summed E-state index contributed by atoms with van der Waals surface area (Å²) in [6, 6.07) is 0. The fourth-order valence-corrected chi connectivity index (χ4v) is 5.02. The first-order valence-corrected chi connectivity index (χ1v) is 22.2. The third-order valence-electron chi connectivity index (χ3n) is 8.07. The standard InChI is InChI=1S/C37H76O13Si/c1-7-8-9-10-11-12-13-36(38)49-34-32-47-30-28-45-26-24-43-22-20-41-18-16-39-14-15-40-17-19-42-21-23-44-25-27-46-29-31-48-33-35-50-51(5,6)37(2,3)4/h7-35H2,1-6H3. The fraction of sp³-hybridized carbons (Fsp3) is 0.973. The third kappa shape index (κ3) is 37.4. The molecule has 0 N–H and O–H groups in total. The van der Waals surface area contributed by atoms with Crippen molar-refractivity contribution in [2.24, 2.45) is 0 Å². The smallest absolute Gasteiger partial charge is 0.305 e. The van der Waals surface area contributed by atoms with Crippen LogP contribution in [0.1, 0.15) is 72.6 Å². The summed E-state index contributed by atoms with van der Waals surface area (Å²) in [5.74, 6) is -0.143. The van der Waals surface area contributed by atoms with Gasteiger partial charge in [0.25, 0.3) is 0 Å². The molecule has 0 aliphatic rings. The highest BCUT2D eigenvalue weighted by Gasteiger charge is 2.36. The Bertz CT molecular complexity index is 725. The van der Waals surface area contributed by atoms with Crippen LogP contribution in [0.25, 0.3) is 0 Å². The molecule has 0 saturated heterocycles. The lowest BCUT2D eigenvalue weighted by Crippen LogP contribution is -2.41. The minimum atomic E-state index is -1.70. The minimum Gasteiger partial charge on any atom is -0.463 e. The molecular weight excluding hydrogens is 680 g/mol. The van der Waals surface area contributed by atoms with Gasteiger partial charge < -0.3 is 56.5 Å². The van der Waals surface area contributed by atoms with Crippen molar-refractivity contribution in [3.63, 3.8) is 0 Å². The second-order valence-corrected chi connectivity index (χ2v) is 18.3. The van der Waals surface area contributed by atoms with E-state index in [4.69, 9.17) is 56.5 Å². The molecule has 0 aromatic carbocycles. The number of unbranched alkanes of at least 4 members (excludes halogenated alkanes) is 5. The van der Waals surface area contributed by atoms with E-state index in [0.29, 0.717) is 145 Å². The largest absolute Gasteiger partial charge is 0.463 e. The van der Waals surface area contributed by atoms with Crippen molar-refractivity contribution in [3.8, 4) is 0 Å². The molecule has 0 aliphatic heterocycles. The maximum Gasteiger partial charge on any atom is 0.305 e. The van der Waals surface area contributed by atoms with Crippen LogP contribution in [0.4, 0.5) is 0 Å². The number of esters is 1. The van der Waals surface area contributed by atoms with Crippen molar-refractivity contribution < 1.29 is 61.3 Å². The molecule has 14 heteroatoms. The van der Waals surface area contributed by atoms with Gasteiger partial charge in [-0.15, -0.1) is 0 Å². The molecular formula is C37H76O13Si. The van der Waals surface area contributed by atoms with Gasteiger partial charge in [-0.1, -0.05) is 59.8 Å². The molecule has 0 radical (unpaired) electrons. The van der Waals surface area contributed by atoms with Crippen molar-refractivity contribution in [3.05, 3.63) is 0 Å². The average molecular weight is 757 g/mol. The Morgan fingerprint density at radius 3 is 1.00 bits per heavy atom. The topological polar surface area (TPSA) is 128 Å². The highest BCUT2D eigenvalue weighted by Crippen LogP contribution is 2.36. The van der Waals surface area contributed by atoms with Gasteiger partial charge in [-0.3, -0.25) is 4.79 Å². The Morgan fingerprint density at radius 2 is 0.686 bits per heavy atom. The van der Waals surface area contributed by atoms with Crippen molar-refractivity contribution in [1.29, 1.82) is 0 Å². The molecule has 13 nitrogen and oxygen atoms in total. The quantitative estimate of drug-likeness (QED) is 0.0445. The zero-order valence-corrected chi connectivity index (χ0v) is 34.3. The van der Waals surface area contributed by atoms with Crippen LogP contribution >= 0.6 is 0 Å². The monoisotopic (exact) mass is 757 g/mol. The second kappa shape index (κ2) is 37.6. The average Bonchev–Trinajstić information content (AvgIpc) is 3.09. The van der Waals surface area contributed by atoms with E-state index >= 15 is 0 Å². The minimum absolute atomic E-state index is 0.143. The Labute approximate surface area is 311 Å². The normalized spacial score (nSPS) is 12.2. The maximum atomic E-state index is 11.7. The number of carbonyl (C=O) groups excluding carboxylic acids is 1. The second-order valence-electron chi connectivity index (χ2n) is 13.5. The van der Waals surface area contributed by atoms with Gasteiger partial charge in [0.05, 0.1) is 139 Å². The summed E-state index contributed by atoms with van der Waals surface area (Å²) in [7, 11) is -1.70. The first-order chi connectivity index (χ1) is 24.7. The van der Waals surface area contributed by atoms with Gasteiger partial charge in [-0.25, -0.2) is 0 Å². The van der Waals surface area contributed by atoms with E-state index in [1.165, 1.54) is 25.7 Å². The number of hydrogen-bond acceptors (Lipinski definition) is 13. The van der Waals surface area contributed by atoms with E-state index in [2.05, 4.69) is 40.8 Å². The zero-order chi connectivity index (χ0) is 37.6. The van der Waals surface area contributed by atoms with Crippen LogP contribution in [0.3, 0.4) is 0 Å². The number of ether oxygens (including phenoxy) is 11. The van der Waals surface area contributed by atoms with Gasteiger partial charge >= 0.3 is 5.97 Å². The predicted octanol–water partition coefficient (Wildman–Crippen LogP) is 5.47. The summed E-state index contributed by atoms with van der Waals surface area (Å²) in [5, 5.41) is 0.214. The van der Waals surface area contributed by atoms with E-state index in [9.17, 15) is 4.79 Å². The van der Waals surface area contributed by atoms with Crippen LogP contribution < -0.4 is 0 Å². The number of hydrogen-bond donors (Lipinski definition) is 0. The zero-order valence-electron chi connectivity index (χ0n) is 33.3. The van der Waals surface area contributed by atoms with Gasteiger partial charge in [0, 0.05) is 6.42 Å². The van der Waals surface area contributed by atoms with Gasteiger partial charge in [-0.05, 0) is 24.6 Å². The Hall–Kier alpha value is -0.753.